The maximum Gasteiger partial charge on any atom is 0.228 e. The molecule has 2 aliphatic heterocycles. The van der Waals surface area contributed by atoms with Gasteiger partial charge in [0.25, 0.3) is 0 Å². The molecule has 0 spiro atoms. The van der Waals surface area contributed by atoms with E-state index in [-0.39, 0.29) is 18.2 Å². The Bertz CT molecular complexity index is 457. The van der Waals surface area contributed by atoms with E-state index in [1.54, 1.807) is 4.90 Å². The van der Waals surface area contributed by atoms with E-state index in [1.807, 2.05) is 24.3 Å². The van der Waals surface area contributed by atoms with E-state index in [1.165, 1.54) is 0 Å². The second-order valence-electron chi connectivity index (χ2n) is 4.64. The molecule has 5 nitrogen and oxygen atoms in total. The molecule has 1 atom stereocenters. The summed E-state index contributed by atoms with van der Waals surface area (Å²) in [5.41, 5.74) is 7.61. The third-order valence-electron chi connectivity index (χ3n) is 3.23. The number of carbonyl (C=O) groups excluding carboxylic acids is 1. The van der Waals surface area contributed by atoms with Crippen LogP contribution in [0.1, 0.15) is 18.3 Å². The van der Waals surface area contributed by atoms with E-state index in [2.05, 4.69) is 0 Å². The fraction of sp³-hybridized carbons (Fsp3) is 0.462. The van der Waals surface area contributed by atoms with Crippen LogP contribution in [-0.2, 0) is 14.3 Å². The lowest BCUT2D eigenvalue weighted by Gasteiger charge is -2.18. The van der Waals surface area contributed by atoms with Crippen molar-refractivity contribution in [1.82, 2.24) is 0 Å². The van der Waals surface area contributed by atoms with Crippen LogP contribution in [0.2, 0.25) is 0 Å². The molecule has 1 aromatic carbocycles. The molecule has 2 N–H and O–H groups in total. The topological polar surface area (TPSA) is 64.8 Å². The fourth-order valence-corrected chi connectivity index (χ4v) is 2.37. The summed E-state index contributed by atoms with van der Waals surface area (Å²) in [6.45, 7) is 1.81. The van der Waals surface area contributed by atoms with Gasteiger partial charge < -0.3 is 20.1 Å². The van der Waals surface area contributed by atoms with Crippen molar-refractivity contribution in [2.24, 2.45) is 5.73 Å². The molecule has 1 amide bonds. The van der Waals surface area contributed by atoms with Crippen LogP contribution in [0, 0.1) is 0 Å². The molecule has 0 radical (unpaired) electrons. The second kappa shape index (κ2) is 4.68. The Morgan fingerprint density at radius 1 is 1.28 bits per heavy atom. The van der Waals surface area contributed by atoms with Crippen LogP contribution in [0.5, 0.6) is 0 Å². The number of hydrogen-bond acceptors (Lipinski definition) is 4. The van der Waals surface area contributed by atoms with Crippen molar-refractivity contribution in [1.29, 1.82) is 0 Å². The van der Waals surface area contributed by atoms with Crippen molar-refractivity contribution < 1.29 is 14.3 Å². The minimum Gasteiger partial charge on any atom is -0.346 e. The van der Waals surface area contributed by atoms with Crippen LogP contribution >= 0.6 is 0 Å². The summed E-state index contributed by atoms with van der Waals surface area (Å²) in [7, 11) is 0. The molecule has 0 bridgehead atoms. The minimum atomic E-state index is -0.309. The van der Waals surface area contributed by atoms with Gasteiger partial charge in [0.1, 0.15) is 0 Å². The standard InChI is InChI=1S/C13H16N2O3/c14-10-7-12(16)15(8-10)11-3-1-2-9(6-11)13-17-4-5-18-13/h1-3,6,10,13H,4-5,7-8,14H2. The third-order valence-corrected chi connectivity index (χ3v) is 3.23. The molecule has 2 saturated heterocycles. The number of hydrogen-bond donors (Lipinski definition) is 1. The minimum absolute atomic E-state index is 0.0693. The summed E-state index contributed by atoms with van der Waals surface area (Å²) in [5.74, 6) is 0.0768. The van der Waals surface area contributed by atoms with Gasteiger partial charge >= 0.3 is 0 Å². The van der Waals surface area contributed by atoms with Crippen molar-refractivity contribution in [2.75, 3.05) is 24.7 Å². The fourth-order valence-electron chi connectivity index (χ4n) is 2.37. The Morgan fingerprint density at radius 2 is 2.06 bits per heavy atom. The average Bonchev–Trinajstić information content (AvgIpc) is 2.99. The van der Waals surface area contributed by atoms with Crippen LogP contribution in [0.25, 0.3) is 0 Å². The molecule has 96 valence electrons. The smallest absolute Gasteiger partial charge is 0.228 e. The van der Waals surface area contributed by atoms with E-state index in [9.17, 15) is 4.79 Å². The van der Waals surface area contributed by atoms with Gasteiger partial charge in [-0.05, 0) is 12.1 Å². The molecule has 1 unspecified atom stereocenters. The molecule has 2 fully saturated rings. The Balaban J connectivity index is 1.84. The predicted octanol–water partition coefficient (Wildman–Crippen LogP) is 0.796. The monoisotopic (exact) mass is 248 g/mol. The van der Waals surface area contributed by atoms with Gasteiger partial charge in [-0.25, -0.2) is 0 Å². The summed E-state index contributed by atoms with van der Waals surface area (Å²) in [5, 5.41) is 0. The Hall–Kier alpha value is -1.43. The summed E-state index contributed by atoms with van der Waals surface area (Å²) in [6, 6.07) is 7.63. The Kier molecular flexibility index (Phi) is 3.03. The number of nitrogens with two attached hydrogens (primary N) is 1. The molecule has 3 rings (SSSR count). The highest BCUT2D eigenvalue weighted by Crippen LogP contribution is 2.28. The molecule has 1 aromatic rings. The summed E-state index contributed by atoms with van der Waals surface area (Å²) in [6.07, 6.45) is 0.108. The first kappa shape index (κ1) is 11.6. The number of nitrogens with zero attached hydrogens (tertiary/aromatic N) is 1. The van der Waals surface area contributed by atoms with Gasteiger partial charge in [-0.1, -0.05) is 12.1 Å². The predicted molar refractivity (Wildman–Crippen MR) is 66.0 cm³/mol. The zero-order valence-corrected chi connectivity index (χ0v) is 10.0. The lowest BCUT2D eigenvalue weighted by Crippen LogP contribution is -2.28. The van der Waals surface area contributed by atoms with Crippen LogP contribution < -0.4 is 10.6 Å². The summed E-state index contributed by atoms with van der Waals surface area (Å²) >= 11 is 0. The molecule has 2 aliphatic rings. The highest BCUT2D eigenvalue weighted by Gasteiger charge is 2.28. The summed E-state index contributed by atoms with van der Waals surface area (Å²) < 4.78 is 10.9. The van der Waals surface area contributed by atoms with Gasteiger partial charge in [0.15, 0.2) is 6.29 Å². The molecule has 0 aromatic heterocycles. The maximum absolute atomic E-state index is 11.8. The van der Waals surface area contributed by atoms with E-state index in [0.717, 1.165) is 11.3 Å². The molecule has 18 heavy (non-hydrogen) atoms. The molecular weight excluding hydrogens is 232 g/mol. The van der Waals surface area contributed by atoms with Crippen LogP contribution in [0.4, 0.5) is 5.69 Å². The zero-order chi connectivity index (χ0) is 12.5. The van der Waals surface area contributed by atoms with Gasteiger partial charge in [-0.2, -0.15) is 0 Å². The van der Waals surface area contributed by atoms with E-state index in [0.29, 0.717) is 26.2 Å². The van der Waals surface area contributed by atoms with Crippen LogP contribution in [0.15, 0.2) is 24.3 Å². The van der Waals surface area contributed by atoms with E-state index in [4.69, 9.17) is 15.2 Å². The highest BCUT2D eigenvalue weighted by atomic mass is 16.7. The molecule has 5 heteroatoms. The first-order valence-electron chi connectivity index (χ1n) is 6.13. The Morgan fingerprint density at radius 3 is 2.72 bits per heavy atom. The van der Waals surface area contributed by atoms with Crippen LogP contribution in [0.3, 0.4) is 0 Å². The molecular formula is C13H16N2O3. The van der Waals surface area contributed by atoms with Crippen molar-refractivity contribution in [3.05, 3.63) is 29.8 Å². The van der Waals surface area contributed by atoms with Crippen molar-refractivity contribution in [3.63, 3.8) is 0 Å². The number of carbonyl (C=O) groups is 1. The number of benzene rings is 1. The first-order chi connectivity index (χ1) is 8.74. The van der Waals surface area contributed by atoms with E-state index >= 15 is 0 Å². The van der Waals surface area contributed by atoms with Crippen molar-refractivity contribution >= 4 is 11.6 Å². The van der Waals surface area contributed by atoms with Crippen molar-refractivity contribution in [3.8, 4) is 0 Å². The van der Waals surface area contributed by atoms with Gasteiger partial charge in [0.05, 0.1) is 13.2 Å². The quantitative estimate of drug-likeness (QED) is 0.840. The lowest BCUT2D eigenvalue weighted by molar-refractivity contribution is -0.117. The SMILES string of the molecule is NC1CC(=O)N(c2cccc(C3OCCO3)c2)C1. The van der Waals surface area contributed by atoms with Gasteiger partial charge in [0.2, 0.25) is 5.91 Å². The Labute approximate surface area is 105 Å². The molecule has 0 saturated carbocycles. The van der Waals surface area contributed by atoms with Crippen molar-refractivity contribution in [2.45, 2.75) is 18.8 Å². The number of ether oxygens (including phenoxy) is 2. The number of anilines is 1. The summed E-state index contributed by atoms with van der Waals surface area (Å²) in [4.78, 5) is 13.5. The number of amides is 1. The largest absolute Gasteiger partial charge is 0.346 e. The maximum atomic E-state index is 11.8. The normalized spacial score (nSPS) is 25.1. The lowest BCUT2D eigenvalue weighted by atomic mass is 10.2. The zero-order valence-electron chi connectivity index (χ0n) is 10.0. The molecule has 0 aliphatic carbocycles. The third kappa shape index (κ3) is 2.12. The first-order valence-corrected chi connectivity index (χ1v) is 6.13. The van der Waals surface area contributed by atoms with Gasteiger partial charge in [-0.15, -0.1) is 0 Å². The average molecular weight is 248 g/mol. The van der Waals surface area contributed by atoms with Crippen LogP contribution in [-0.4, -0.2) is 31.7 Å². The highest BCUT2D eigenvalue weighted by molar-refractivity contribution is 5.96. The number of rotatable bonds is 2. The van der Waals surface area contributed by atoms with E-state index < -0.39 is 0 Å². The molecule has 2 heterocycles. The second-order valence-corrected chi connectivity index (χ2v) is 4.64. The van der Waals surface area contributed by atoms with Gasteiger partial charge in [-0.3, -0.25) is 4.79 Å². The van der Waals surface area contributed by atoms with Gasteiger partial charge in [0, 0.05) is 30.3 Å².